The molecule has 24 heavy (non-hydrogen) atoms. The molecule has 1 aliphatic carbocycles. The average molecular weight is 342 g/mol. The predicted octanol–water partition coefficient (Wildman–Crippen LogP) is 4.90. The van der Waals surface area contributed by atoms with Crippen molar-refractivity contribution in [2.24, 2.45) is 17.3 Å². The minimum Gasteiger partial charge on any atom is -0.444 e. The minimum absolute atomic E-state index is 0.119. The van der Waals surface area contributed by atoms with E-state index in [1.165, 1.54) is 32.1 Å². The Kier molecular flexibility index (Phi) is 8.55. The van der Waals surface area contributed by atoms with Crippen LogP contribution in [0, 0.1) is 17.3 Å². The van der Waals surface area contributed by atoms with E-state index in [4.69, 9.17) is 4.74 Å². The van der Waals surface area contributed by atoms with Crippen molar-refractivity contribution in [3.05, 3.63) is 0 Å². The number of hydrogen-bond acceptors (Lipinski definition) is 3. The number of amides is 1. The van der Waals surface area contributed by atoms with E-state index in [-0.39, 0.29) is 18.1 Å². The third-order valence-electron chi connectivity index (χ3n) is 4.99. The molecule has 0 heterocycles. The smallest absolute Gasteiger partial charge is 0.407 e. The van der Waals surface area contributed by atoms with Gasteiger partial charge in [-0.25, -0.2) is 4.79 Å². The van der Waals surface area contributed by atoms with Crippen LogP contribution in [0.2, 0.25) is 0 Å². The number of carbonyl (C=O) groups excluding carboxylic acids is 1. The first-order valence-corrected chi connectivity index (χ1v) is 9.73. The highest BCUT2D eigenvalue weighted by Crippen LogP contribution is 2.36. The Labute approximate surface area is 148 Å². The fourth-order valence-electron chi connectivity index (χ4n) is 3.89. The lowest BCUT2D eigenvalue weighted by molar-refractivity contribution is 0.0410. The van der Waals surface area contributed by atoms with Gasteiger partial charge in [-0.3, -0.25) is 0 Å². The molecule has 2 N–H and O–H groups in total. The van der Waals surface area contributed by atoms with E-state index in [2.05, 4.69) is 19.2 Å². The van der Waals surface area contributed by atoms with E-state index in [0.29, 0.717) is 12.5 Å². The van der Waals surface area contributed by atoms with Gasteiger partial charge in [0.05, 0.1) is 6.61 Å². The topological polar surface area (TPSA) is 58.6 Å². The summed E-state index contributed by atoms with van der Waals surface area (Å²) in [5, 5.41) is 13.0. The molecular weight excluding hydrogens is 302 g/mol. The minimum atomic E-state index is -0.494. The van der Waals surface area contributed by atoms with Gasteiger partial charge in [-0.05, 0) is 51.9 Å². The fourth-order valence-corrected chi connectivity index (χ4v) is 3.89. The van der Waals surface area contributed by atoms with Gasteiger partial charge in [-0.2, -0.15) is 0 Å². The molecule has 1 atom stereocenters. The number of hydrogen-bond donors (Lipinski definition) is 2. The van der Waals surface area contributed by atoms with Gasteiger partial charge in [0.2, 0.25) is 0 Å². The lowest BCUT2D eigenvalue weighted by Gasteiger charge is -2.36. The molecule has 142 valence electrons. The molecule has 4 nitrogen and oxygen atoms in total. The number of aliphatic hydroxyl groups is 1. The van der Waals surface area contributed by atoms with Crippen LogP contribution in [0.1, 0.15) is 86.0 Å². The molecule has 0 aromatic rings. The average Bonchev–Trinajstić information content (AvgIpc) is 2.49. The quantitative estimate of drug-likeness (QED) is 0.660. The molecule has 0 aromatic carbocycles. The van der Waals surface area contributed by atoms with E-state index in [9.17, 15) is 9.90 Å². The summed E-state index contributed by atoms with van der Waals surface area (Å²) in [4.78, 5) is 12.0. The first-order valence-electron chi connectivity index (χ1n) is 9.73. The number of nitrogens with one attached hydrogen (secondary N) is 1. The zero-order valence-electron chi connectivity index (χ0n) is 16.5. The van der Waals surface area contributed by atoms with Crippen LogP contribution in [0.25, 0.3) is 0 Å². The summed E-state index contributed by atoms with van der Waals surface area (Å²) in [5.41, 5.74) is -0.728. The summed E-state index contributed by atoms with van der Waals surface area (Å²) in [6.07, 6.45) is 9.37. The molecule has 0 aliphatic heterocycles. The molecular formula is C20H39NO3. The highest BCUT2D eigenvalue weighted by molar-refractivity contribution is 5.67. The lowest BCUT2D eigenvalue weighted by Crippen LogP contribution is -2.43. The van der Waals surface area contributed by atoms with Crippen molar-refractivity contribution in [2.75, 3.05) is 13.2 Å². The Balaban J connectivity index is 2.61. The molecule has 0 bridgehead atoms. The lowest BCUT2D eigenvalue weighted by atomic mass is 9.73. The number of rotatable bonds is 8. The number of alkyl carbamates (subject to hydrolysis) is 1. The largest absolute Gasteiger partial charge is 0.444 e. The van der Waals surface area contributed by atoms with Crippen molar-refractivity contribution < 1.29 is 14.6 Å². The Morgan fingerprint density at radius 1 is 1.21 bits per heavy atom. The molecule has 1 unspecified atom stereocenters. The summed E-state index contributed by atoms with van der Waals surface area (Å²) in [6, 6.07) is 0. The van der Waals surface area contributed by atoms with Crippen molar-refractivity contribution >= 4 is 6.09 Å². The Morgan fingerprint density at radius 3 is 2.33 bits per heavy atom. The van der Waals surface area contributed by atoms with Crippen LogP contribution in [0.3, 0.4) is 0 Å². The SMILES string of the molecule is CC(C)CC(CO)(CCC1CCCCC1)CNC(=O)OC(C)(C)C. The van der Waals surface area contributed by atoms with Gasteiger partial charge in [-0.15, -0.1) is 0 Å². The number of carbonyl (C=O) groups is 1. The molecule has 1 amide bonds. The van der Waals surface area contributed by atoms with Crippen molar-refractivity contribution in [1.29, 1.82) is 0 Å². The van der Waals surface area contributed by atoms with Crippen LogP contribution in [-0.2, 0) is 4.74 Å². The van der Waals surface area contributed by atoms with Gasteiger partial charge in [0.1, 0.15) is 5.60 Å². The Hall–Kier alpha value is -0.770. The van der Waals surface area contributed by atoms with Gasteiger partial charge >= 0.3 is 6.09 Å². The summed E-state index contributed by atoms with van der Waals surface area (Å²) in [6.45, 7) is 10.6. The number of ether oxygens (including phenoxy) is 1. The maximum absolute atomic E-state index is 12.0. The second-order valence-corrected chi connectivity index (χ2v) is 9.15. The van der Waals surface area contributed by atoms with Crippen molar-refractivity contribution in [3.63, 3.8) is 0 Å². The van der Waals surface area contributed by atoms with Gasteiger partial charge < -0.3 is 15.2 Å². The standard InChI is InChI=1S/C20H39NO3/c1-16(2)13-20(15-22,12-11-17-9-7-6-8-10-17)14-21-18(23)24-19(3,4)5/h16-17,22H,6-15H2,1-5H3,(H,21,23). The molecule has 1 aliphatic rings. The molecule has 1 rings (SSSR count). The summed E-state index contributed by atoms with van der Waals surface area (Å²) in [7, 11) is 0. The molecule has 0 spiro atoms. The van der Waals surface area contributed by atoms with Crippen LogP contribution in [0.4, 0.5) is 4.79 Å². The van der Waals surface area contributed by atoms with E-state index in [1.807, 2.05) is 20.8 Å². The van der Waals surface area contributed by atoms with Crippen molar-refractivity contribution in [3.8, 4) is 0 Å². The Bertz CT molecular complexity index is 370. The monoisotopic (exact) mass is 341 g/mol. The van der Waals surface area contributed by atoms with Crippen molar-refractivity contribution in [2.45, 2.75) is 91.6 Å². The maximum atomic E-state index is 12.0. The second kappa shape index (κ2) is 9.65. The molecule has 0 radical (unpaired) electrons. The van der Waals surface area contributed by atoms with Gasteiger partial charge in [0.15, 0.2) is 0 Å². The van der Waals surface area contributed by atoms with E-state index in [1.54, 1.807) is 0 Å². The molecule has 1 fully saturated rings. The fraction of sp³-hybridized carbons (Fsp3) is 0.950. The third-order valence-corrected chi connectivity index (χ3v) is 4.99. The molecule has 0 aromatic heterocycles. The van der Waals surface area contributed by atoms with Crippen LogP contribution < -0.4 is 5.32 Å². The van der Waals surface area contributed by atoms with Crippen LogP contribution in [-0.4, -0.2) is 30.0 Å². The zero-order valence-corrected chi connectivity index (χ0v) is 16.5. The van der Waals surface area contributed by atoms with E-state index >= 15 is 0 Å². The highest BCUT2D eigenvalue weighted by Gasteiger charge is 2.32. The van der Waals surface area contributed by atoms with Crippen molar-refractivity contribution in [1.82, 2.24) is 5.32 Å². The van der Waals surface area contributed by atoms with Crippen LogP contribution >= 0.6 is 0 Å². The second-order valence-electron chi connectivity index (χ2n) is 9.15. The molecule has 1 saturated carbocycles. The summed E-state index contributed by atoms with van der Waals surface area (Å²) in [5.74, 6) is 1.28. The maximum Gasteiger partial charge on any atom is 0.407 e. The Morgan fingerprint density at radius 2 is 1.83 bits per heavy atom. The summed E-state index contributed by atoms with van der Waals surface area (Å²) >= 11 is 0. The first-order chi connectivity index (χ1) is 11.2. The first kappa shape index (κ1) is 21.3. The zero-order chi connectivity index (χ0) is 18.2. The summed E-state index contributed by atoms with van der Waals surface area (Å²) < 4.78 is 5.35. The van der Waals surface area contributed by atoms with Crippen LogP contribution in [0.15, 0.2) is 0 Å². The molecule has 0 saturated heterocycles. The molecule has 4 heteroatoms. The van der Waals surface area contributed by atoms with Gasteiger partial charge in [0, 0.05) is 12.0 Å². The number of aliphatic hydroxyl groups excluding tert-OH is 1. The van der Waals surface area contributed by atoms with Gasteiger partial charge in [0.25, 0.3) is 0 Å². The normalized spacial score (nSPS) is 19.1. The van der Waals surface area contributed by atoms with Crippen LogP contribution in [0.5, 0.6) is 0 Å². The van der Waals surface area contributed by atoms with E-state index < -0.39 is 5.60 Å². The third kappa shape index (κ3) is 8.36. The van der Waals surface area contributed by atoms with E-state index in [0.717, 1.165) is 25.2 Å². The predicted molar refractivity (Wildman–Crippen MR) is 99.0 cm³/mol. The highest BCUT2D eigenvalue weighted by atomic mass is 16.6. The van der Waals surface area contributed by atoms with Gasteiger partial charge in [-0.1, -0.05) is 46.0 Å².